The molecule has 0 atom stereocenters. The van der Waals surface area contributed by atoms with Gasteiger partial charge in [0.25, 0.3) is 0 Å². The molecule has 0 aromatic carbocycles. The van der Waals surface area contributed by atoms with E-state index in [0.717, 1.165) is 6.54 Å². The first-order valence-corrected chi connectivity index (χ1v) is 5.02. The van der Waals surface area contributed by atoms with Crippen LogP contribution in [-0.2, 0) is 0 Å². The minimum Gasteiger partial charge on any atom is -1.00 e. The number of quaternary nitrogens is 1. The maximum atomic E-state index is 3.99. The summed E-state index contributed by atoms with van der Waals surface area (Å²) < 4.78 is 1.17. The number of rotatable bonds is 6. The molecule has 0 aromatic heterocycles. The highest BCUT2D eigenvalue weighted by molar-refractivity contribution is 4.87. The van der Waals surface area contributed by atoms with Crippen LogP contribution in [0.5, 0.6) is 0 Å². The lowest BCUT2D eigenvalue weighted by Crippen LogP contribution is -3.00. The van der Waals surface area contributed by atoms with E-state index in [9.17, 15) is 0 Å². The van der Waals surface area contributed by atoms with Crippen LogP contribution in [0.3, 0.4) is 0 Å². The molecular weight excluding hydrogens is 273 g/mol. The average Bonchev–Trinajstić information content (AvgIpc) is 1.85. The first-order valence-electron chi connectivity index (χ1n) is 5.02. The summed E-state index contributed by atoms with van der Waals surface area (Å²) in [6, 6.07) is 0. The summed E-state index contributed by atoms with van der Waals surface area (Å²) in [5, 5.41) is 0. The van der Waals surface area contributed by atoms with E-state index >= 15 is 0 Å². The highest BCUT2D eigenvalue weighted by Gasteiger charge is 2.18. The molecule has 0 aliphatic rings. The van der Waals surface area contributed by atoms with Crippen molar-refractivity contribution in [2.45, 2.75) is 33.6 Å². The van der Waals surface area contributed by atoms with Crippen LogP contribution in [0.4, 0.5) is 0 Å². The molecule has 80 valence electrons. The molecule has 0 rings (SSSR count). The molecule has 0 N–H and O–H groups in total. The maximum absolute atomic E-state index is 3.99. The van der Waals surface area contributed by atoms with Gasteiger partial charge in [-0.1, -0.05) is 20.4 Å². The van der Waals surface area contributed by atoms with Crippen LogP contribution in [0.15, 0.2) is 12.2 Å². The van der Waals surface area contributed by atoms with E-state index in [1.165, 1.54) is 36.0 Å². The lowest BCUT2D eigenvalue weighted by atomic mass is 10.2. The van der Waals surface area contributed by atoms with Crippen molar-refractivity contribution in [3.63, 3.8) is 0 Å². The number of nitrogens with zero attached hydrogens (tertiary/aromatic N) is 1. The van der Waals surface area contributed by atoms with Gasteiger partial charge in [-0.05, 0) is 25.3 Å². The second-order valence-corrected chi connectivity index (χ2v) is 4.18. The Morgan fingerprint density at radius 1 is 1.15 bits per heavy atom. The van der Waals surface area contributed by atoms with E-state index in [2.05, 4.69) is 34.4 Å². The van der Waals surface area contributed by atoms with Gasteiger partial charge in [0.1, 0.15) is 0 Å². The zero-order chi connectivity index (χ0) is 9.61. The van der Waals surface area contributed by atoms with Crippen molar-refractivity contribution in [1.29, 1.82) is 0 Å². The van der Waals surface area contributed by atoms with Crippen molar-refractivity contribution < 1.29 is 28.5 Å². The Labute approximate surface area is 101 Å². The Kier molecular flexibility index (Phi) is 9.53. The van der Waals surface area contributed by atoms with Crippen LogP contribution in [0, 0.1) is 0 Å². The third-order valence-corrected chi connectivity index (χ3v) is 2.18. The number of hydrogen-bond acceptors (Lipinski definition) is 0. The van der Waals surface area contributed by atoms with Gasteiger partial charge < -0.3 is 28.5 Å². The lowest BCUT2D eigenvalue weighted by molar-refractivity contribution is -0.905. The van der Waals surface area contributed by atoms with Gasteiger partial charge in [0.05, 0.1) is 26.7 Å². The molecule has 0 saturated carbocycles. The summed E-state index contributed by atoms with van der Waals surface area (Å²) in [5.41, 5.74) is 1.31. The zero-order valence-electron chi connectivity index (χ0n) is 9.57. The van der Waals surface area contributed by atoms with Gasteiger partial charge in [0.2, 0.25) is 0 Å². The number of hydrogen-bond donors (Lipinski definition) is 0. The molecule has 0 amide bonds. The monoisotopic (exact) mass is 297 g/mol. The summed E-state index contributed by atoms with van der Waals surface area (Å²) in [4.78, 5) is 0. The van der Waals surface area contributed by atoms with Crippen LogP contribution >= 0.6 is 0 Å². The maximum Gasteiger partial charge on any atom is 0.0995 e. The van der Waals surface area contributed by atoms with E-state index < -0.39 is 0 Å². The summed E-state index contributed by atoms with van der Waals surface area (Å²) >= 11 is 0. The van der Waals surface area contributed by atoms with Crippen LogP contribution in [0.1, 0.15) is 33.6 Å². The van der Waals surface area contributed by atoms with E-state index in [-0.39, 0.29) is 24.0 Å². The fourth-order valence-corrected chi connectivity index (χ4v) is 2.00. The first-order chi connectivity index (χ1) is 5.54. The predicted molar refractivity (Wildman–Crippen MR) is 56.2 cm³/mol. The Hall–Kier alpha value is 0.430. The van der Waals surface area contributed by atoms with E-state index in [1.807, 2.05) is 0 Å². The molecule has 0 unspecified atom stereocenters. The number of likely N-dealkylation sites (N-methyl/N-ethyl adjacent to an activating group) is 1. The highest BCUT2D eigenvalue weighted by atomic mass is 127. The van der Waals surface area contributed by atoms with Gasteiger partial charge in [-0.25, -0.2) is 0 Å². The van der Waals surface area contributed by atoms with Crippen molar-refractivity contribution >= 4 is 0 Å². The van der Waals surface area contributed by atoms with E-state index in [4.69, 9.17) is 0 Å². The second-order valence-electron chi connectivity index (χ2n) is 4.18. The second kappa shape index (κ2) is 7.80. The summed E-state index contributed by atoms with van der Waals surface area (Å²) in [5.74, 6) is 0. The molecular formula is C11H24IN. The minimum atomic E-state index is 0. The fourth-order valence-electron chi connectivity index (χ4n) is 2.00. The SMILES string of the molecule is C=C(C)C[N+](C)(CCC)CCC.[I-]. The Morgan fingerprint density at radius 3 is 1.77 bits per heavy atom. The largest absolute Gasteiger partial charge is 1.00 e. The summed E-state index contributed by atoms with van der Waals surface area (Å²) in [6.07, 6.45) is 2.54. The van der Waals surface area contributed by atoms with Gasteiger partial charge in [0.15, 0.2) is 0 Å². The lowest BCUT2D eigenvalue weighted by Gasteiger charge is -2.34. The zero-order valence-corrected chi connectivity index (χ0v) is 11.7. The van der Waals surface area contributed by atoms with E-state index in [0.29, 0.717) is 0 Å². The van der Waals surface area contributed by atoms with Crippen molar-refractivity contribution in [1.82, 2.24) is 0 Å². The Balaban J connectivity index is 0. The van der Waals surface area contributed by atoms with Crippen molar-refractivity contribution in [3.8, 4) is 0 Å². The average molecular weight is 297 g/mol. The van der Waals surface area contributed by atoms with Crippen LogP contribution < -0.4 is 24.0 Å². The quantitative estimate of drug-likeness (QED) is 0.363. The standard InChI is InChI=1S/C11H24N.HI/c1-6-8-12(5,9-7-2)10-11(3)4;/h3,6-10H2,1-2,4-5H3;1H/q+1;/p-1. The third-order valence-electron chi connectivity index (χ3n) is 2.18. The normalized spacial score (nSPS) is 10.8. The summed E-state index contributed by atoms with van der Waals surface area (Å²) in [7, 11) is 2.34. The number of halogens is 1. The molecule has 0 bridgehead atoms. The van der Waals surface area contributed by atoms with Crippen molar-refractivity contribution in [3.05, 3.63) is 12.2 Å². The third kappa shape index (κ3) is 7.50. The molecule has 0 aliphatic heterocycles. The van der Waals surface area contributed by atoms with E-state index in [1.54, 1.807) is 0 Å². The summed E-state index contributed by atoms with van der Waals surface area (Å²) in [6.45, 7) is 14.3. The predicted octanol–water partition coefficient (Wildman–Crippen LogP) is -0.167. The molecule has 0 aromatic rings. The molecule has 0 heterocycles. The molecule has 0 saturated heterocycles. The van der Waals surface area contributed by atoms with Gasteiger partial charge in [0, 0.05) is 0 Å². The molecule has 1 nitrogen and oxygen atoms in total. The van der Waals surface area contributed by atoms with Crippen LogP contribution in [-0.4, -0.2) is 31.2 Å². The molecule has 0 spiro atoms. The van der Waals surface area contributed by atoms with Gasteiger partial charge >= 0.3 is 0 Å². The fraction of sp³-hybridized carbons (Fsp3) is 0.818. The van der Waals surface area contributed by atoms with Crippen molar-refractivity contribution in [2.75, 3.05) is 26.7 Å². The molecule has 0 aliphatic carbocycles. The molecule has 0 fully saturated rings. The Bertz CT molecular complexity index is 137. The van der Waals surface area contributed by atoms with Gasteiger partial charge in [-0.2, -0.15) is 0 Å². The highest BCUT2D eigenvalue weighted by Crippen LogP contribution is 2.08. The van der Waals surface area contributed by atoms with Crippen LogP contribution in [0.2, 0.25) is 0 Å². The smallest absolute Gasteiger partial charge is 0.0995 e. The molecule has 13 heavy (non-hydrogen) atoms. The van der Waals surface area contributed by atoms with Gasteiger partial charge in [-0.3, -0.25) is 0 Å². The Morgan fingerprint density at radius 2 is 1.54 bits per heavy atom. The van der Waals surface area contributed by atoms with Gasteiger partial charge in [-0.15, -0.1) is 0 Å². The minimum absolute atomic E-state index is 0. The first kappa shape index (κ1) is 15.9. The topological polar surface area (TPSA) is 0 Å². The van der Waals surface area contributed by atoms with Crippen LogP contribution in [0.25, 0.3) is 0 Å². The molecule has 0 radical (unpaired) electrons. The molecule has 2 heteroatoms. The van der Waals surface area contributed by atoms with Crippen molar-refractivity contribution in [2.24, 2.45) is 0 Å².